The van der Waals surface area contributed by atoms with Gasteiger partial charge in [-0.3, -0.25) is 10.1 Å². The number of nitro groups is 1. The minimum absolute atomic E-state index is 0.0460. The summed E-state index contributed by atoms with van der Waals surface area (Å²) in [5.74, 6) is 1.06. The first-order valence-electron chi connectivity index (χ1n) is 5.65. The molecule has 0 saturated carbocycles. The van der Waals surface area contributed by atoms with Crippen LogP contribution in [-0.2, 0) is 0 Å². The monoisotopic (exact) mass is 260 g/mol. The normalized spacial score (nSPS) is 9.95. The van der Waals surface area contributed by atoms with E-state index in [0.717, 1.165) is 5.69 Å². The van der Waals surface area contributed by atoms with Gasteiger partial charge in [0.15, 0.2) is 0 Å². The summed E-state index contributed by atoms with van der Waals surface area (Å²) in [7, 11) is 0. The number of hydrogen-bond acceptors (Lipinski definition) is 6. The summed E-state index contributed by atoms with van der Waals surface area (Å²) in [6, 6.07) is 6.45. The van der Waals surface area contributed by atoms with E-state index >= 15 is 0 Å². The van der Waals surface area contributed by atoms with Gasteiger partial charge in [0.2, 0.25) is 5.88 Å². The molecule has 2 aromatic rings. The lowest BCUT2D eigenvalue weighted by Gasteiger charge is -2.06. The van der Waals surface area contributed by atoms with E-state index in [9.17, 15) is 10.1 Å². The van der Waals surface area contributed by atoms with Gasteiger partial charge in [-0.05, 0) is 19.1 Å². The maximum absolute atomic E-state index is 10.5. The minimum atomic E-state index is -0.491. The van der Waals surface area contributed by atoms with Crippen LogP contribution in [0.3, 0.4) is 0 Å². The van der Waals surface area contributed by atoms with Crippen molar-refractivity contribution >= 4 is 17.2 Å². The second-order valence-corrected chi connectivity index (χ2v) is 3.60. The topological polar surface area (TPSA) is 90.2 Å². The molecule has 7 heteroatoms. The molecule has 0 bridgehead atoms. The first kappa shape index (κ1) is 12.7. The van der Waals surface area contributed by atoms with Crippen molar-refractivity contribution in [3.05, 3.63) is 46.8 Å². The summed E-state index contributed by atoms with van der Waals surface area (Å²) in [5, 5.41) is 13.5. The molecule has 98 valence electrons. The number of anilines is 2. The van der Waals surface area contributed by atoms with Crippen LogP contribution >= 0.6 is 0 Å². The van der Waals surface area contributed by atoms with Crippen molar-refractivity contribution in [2.75, 3.05) is 11.9 Å². The summed E-state index contributed by atoms with van der Waals surface area (Å²) in [4.78, 5) is 18.0. The van der Waals surface area contributed by atoms with Crippen LogP contribution in [0.15, 0.2) is 36.7 Å². The molecule has 0 aliphatic rings. The molecule has 0 atom stereocenters. The molecule has 0 saturated heterocycles. The number of ether oxygens (including phenoxy) is 1. The fourth-order valence-corrected chi connectivity index (χ4v) is 1.40. The van der Waals surface area contributed by atoms with E-state index < -0.39 is 4.92 Å². The van der Waals surface area contributed by atoms with Crippen LogP contribution in [0.4, 0.5) is 17.2 Å². The van der Waals surface area contributed by atoms with E-state index in [4.69, 9.17) is 4.74 Å². The molecule has 0 radical (unpaired) electrons. The molecule has 2 rings (SSSR count). The second kappa shape index (κ2) is 5.76. The zero-order valence-corrected chi connectivity index (χ0v) is 10.2. The number of rotatable bonds is 5. The van der Waals surface area contributed by atoms with Crippen LogP contribution < -0.4 is 10.1 Å². The Morgan fingerprint density at radius 1 is 1.26 bits per heavy atom. The first-order chi connectivity index (χ1) is 9.19. The Hall–Kier alpha value is -2.70. The Balaban J connectivity index is 2.06. The van der Waals surface area contributed by atoms with Gasteiger partial charge < -0.3 is 10.1 Å². The molecule has 1 N–H and O–H groups in total. The highest BCUT2D eigenvalue weighted by Crippen LogP contribution is 2.18. The largest absolute Gasteiger partial charge is 0.478 e. The van der Waals surface area contributed by atoms with Gasteiger partial charge in [-0.2, -0.15) is 0 Å². The predicted molar refractivity (Wildman–Crippen MR) is 69.6 cm³/mol. The average molecular weight is 260 g/mol. The van der Waals surface area contributed by atoms with Crippen LogP contribution in [0.5, 0.6) is 5.88 Å². The third-order valence-corrected chi connectivity index (χ3v) is 2.26. The van der Waals surface area contributed by atoms with Gasteiger partial charge in [0.1, 0.15) is 12.0 Å². The summed E-state index contributed by atoms with van der Waals surface area (Å²) >= 11 is 0. The van der Waals surface area contributed by atoms with Gasteiger partial charge in [-0.1, -0.05) is 0 Å². The van der Waals surface area contributed by atoms with Gasteiger partial charge in [0.25, 0.3) is 5.69 Å². The quantitative estimate of drug-likeness (QED) is 0.656. The van der Waals surface area contributed by atoms with Crippen molar-refractivity contribution in [2.45, 2.75) is 6.92 Å². The molecule has 0 amide bonds. The van der Waals surface area contributed by atoms with E-state index in [1.54, 1.807) is 18.3 Å². The van der Waals surface area contributed by atoms with Gasteiger partial charge >= 0.3 is 0 Å². The molecule has 0 aliphatic carbocycles. The van der Waals surface area contributed by atoms with E-state index in [0.29, 0.717) is 18.3 Å². The molecule has 19 heavy (non-hydrogen) atoms. The van der Waals surface area contributed by atoms with E-state index in [1.807, 2.05) is 6.92 Å². The molecular weight excluding hydrogens is 248 g/mol. The number of pyridine rings is 2. The Morgan fingerprint density at radius 3 is 2.63 bits per heavy atom. The van der Waals surface area contributed by atoms with Crippen molar-refractivity contribution in [2.24, 2.45) is 0 Å². The van der Waals surface area contributed by atoms with Gasteiger partial charge in [-0.15, -0.1) is 0 Å². The Labute approximate surface area is 109 Å². The van der Waals surface area contributed by atoms with Crippen molar-refractivity contribution in [3.8, 4) is 5.88 Å². The Bertz CT molecular complexity index is 554. The Morgan fingerprint density at radius 2 is 2.11 bits per heavy atom. The molecule has 0 aliphatic heterocycles. The average Bonchev–Trinajstić information content (AvgIpc) is 2.42. The second-order valence-electron chi connectivity index (χ2n) is 3.60. The summed E-state index contributed by atoms with van der Waals surface area (Å²) in [6.07, 6.45) is 2.80. The smallest absolute Gasteiger partial charge is 0.287 e. The highest BCUT2D eigenvalue weighted by Gasteiger charge is 2.05. The molecule has 0 unspecified atom stereocenters. The highest BCUT2D eigenvalue weighted by atomic mass is 16.6. The predicted octanol–water partition coefficient (Wildman–Crippen LogP) is 2.53. The standard InChI is InChI=1S/C12H12N4O3/c1-2-19-12-6-3-9(7-14-12)15-11-5-4-10(8-13-11)16(17)18/h3-8H,2H2,1H3,(H,13,15). The van der Waals surface area contributed by atoms with Crippen molar-refractivity contribution in [1.82, 2.24) is 9.97 Å². The van der Waals surface area contributed by atoms with Crippen LogP contribution in [-0.4, -0.2) is 21.5 Å². The molecule has 2 heterocycles. The lowest BCUT2D eigenvalue weighted by molar-refractivity contribution is -0.385. The first-order valence-corrected chi connectivity index (χ1v) is 5.65. The van der Waals surface area contributed by atoms with Gasteiger partial charge in [-0.25, -0.2) is 9.97 Å². The molecule has 2 aromatic heterocycles. The van der Waals surface area contributed by atoms with E-state index in [2.05, 4.69) is 15.3 Å². The fourth-order valence-electron chi connectivity index (χ4n) is 1.40. The van der Waals surface area contributed by atoms with Crippen LogP contribution in [0, 0.1) is 10.1 Å². The van der Waals surface area contributed by atoms with E-state index in [1.165, 1.54) is 18.3 Å². The van der Waals surface area contributed by atoms with Crippen LogP contribution in [0.2, 0.25) is 0 Å². The molecule has 7 nitrogen and oxygen atoms in total. The lowest BCUT2D eigenvalue weighted by Crippen LogP contribution is -1.97. The Kier molecular flexibility index (Phi) is 3.87. The molecular formula is C12H12N4O3. The van der Waals surface area contributed by atoms with E-state index in [-0.39, 0.29) is 5.69 Å². The SMILES string of the molecule is CCOc1ccc(Nc2ccc([N+](=O)[O-])cn2)cn1. The van der Waals surface area contributed by atoms with Crippen LogP contribution in [0.1, 0.15) is 6.92 Å². The minimum Gasteiger partial charge on any atom is -0.478 e. The number of hydrogen-bond donors (Lipinski definition) is 1. The molecule has 0 fully saturated rings. The zero-order chi connectivity index (χ0) is 13.7. The number of nitrogens with zero attached hydrogens (tertiary/aromatic N) is 3. The zero-order valence-electron chi connectivity index (χ0n) is 10.2. The molecule has 0 spiro atoms. The summed E-state index contributed by atoms with van der Waals surface area (Å²) < 4.78 is 5.22. The van der Waals surface area contributed by atoms with Gasteiger partial charge in [0, 0.05) is 12.1 Å². The summed E-state index contributed by atoms with van der Waals surface area (Å²) in [6.45, 7) is 2.44. The maximum atomic E-state index is 10.5. The maximum Gasteiger partial charge on any atom is 0.287 e. The fraction of sp³-hybridized carbons (Fsp3) is 0.167. The van der Waals surface area contributed by atoms with Gasteiger partial charge in [0.05, 0.1) is 23.4 Å². The third-order valence-electron chi connectivity index (χ3n) is 2.26. The van der Waals surface area contributed by atoms with Crippen molar-refractivity contribution in [3.63, 3.8) is 0 Å². The molecule has 0 aromatic carbocycles. The van der Waals surface area contributed by atoms with Crippen molar-refractivity contribution in [1.29, 1.82) is 0 Å². The summed E-state index contributed by atoms with van der Waals surface area (Å²) in [5.41, 5.74) is 0.681. The number of nitrogens with one attached hydrogen (secondary N) is 1. The third kappa shape index (κ3) is 3.38. The number of aromatic nitrogens is 2. The lowest BCUT2D eigenvalue weighted by atomic mass is 10.3. The highest BCUT2D eigenvalue weighted by molar-refractivity contribution is 5.56. The van der Waals surface area contributed by atoms with Crippen LogP contribution in [0.25, 0.3) is 0 Å². The van der Waals surface area contributed by atoms with Crippen molar-refractivity contribution < 1.29 is 9.66 Å².